The van der Waals surface area contributed by atoms with E-state index in [2.05, 4.69) is 16.9 Å². The van der Waals surface area contributed by atoms with Gasteiger partial charge in [-0.05, 0) is 37.2 Å². The van der Waals surface area contributed by atoms with Crippen LogP contribution in [0.3, 0.4) is 0 Å². The largest absolute Gasteiger partial charge is 0.329 e. The number of rotatable bonds is 6. The maximum absolute atomic E-state index is 5.98. The van der Waals surface area contributed by atoms with Crippen LogP contribution in [-0.2, 0) is 6.42 Å². The molecule has 0 aliphatic heterocycles. The summed E-state index contributed by atoms with van der Waals surface area (Å²) in [4.78, 5) is 7.53. The first-order valence-corrected chi connectivity index (χ1v) is 7.49. The Morgan fingerprint density at radius 2 is 2.16 bits per heavy atom. The molecule has 2 aromatic heterocycles. The molecule has 0 saturated heterocycles. The van der Waals surface area contributed by atoms with Crippen LogP contribution < -0.4 is 5.73 Å². The quantitative estimate of drug-likeness (QED) is 0.891. The van der Waals surface area contributed by atoms with Gasteiger partial charge in [-0.15, -0.1) is 11.3 Å². The Hall–Kier alpha value is -0.940. The molecule has 0 amide bonds. The van der Waals surface area contributed by atoms with Gasteiger partial charge in [0.2, 0.25) is 0 Å². The number of hydrogen-bond acceptors (Lipinski definition) is 4. The fourth-order valence-electron chi connectivity index (χ4n) is 2.03. The fourth-order valence-corrected chi connectivity index (χ4v) is 3.29. The minimum absolute atomic E-state index is 0.235. The third-order valence-corrected chi connectivity index (χ3v) is 4.56. The van der Waals surface area contributed by atoms with Gasteiger partial charge in [0.1, 0.15) is 0 Å². The highest BCUT2D eigenvalue weighted by Crippen LogP contribution is 2.28. The van der Waals surface area contributed by atoms with Crippen molar-refractivity contribution in [2.45, 2.75) is 12.5 Å². The van der Waals surface area contributed by atoms with Crippen molar-refractivity contribution < 1.29 is 0 Å². The third kappa shape index (κ3) is 4.01. The molecule has 1 atom stereocenters. The molecule has 0 aliphatic carbocycles. The van der Waals surface area contributed by atoms with Crippen molar-refractivity contribution in [3.63, 3.8) is 0 Å². The number of pyridine rings is 1. The van der Waals surface area contributed by atoms with Gasteiger partial charge in [0.05, 0.1) is 11.1 Å². The Labute approximate surface area is 123 Å². The molecule has 0 bridgehead atoms. The van der Waals surface area contributed by atoms with E-state index >= 15 is 0 Å². The van der Waals surface area contributed by atoms with Crippen molar-refractivity contribution in [1.82, 2.24) is 9.88 Å². The lowest BCUT2D eigenvalue weighted by molar-refractivity contribution is 0.256. The van der Waals surface area contributed by atoms with E-state index < -0.39 is 0 Å². The molecule has 3 nitrogen and oxygen atoms in total. The van der Waals surface area contributed by atoms with Crippen LogP contribution >= 0.6 is 22.9 Å². The van der Waals surface area contributed by atoms with Crippen molar-refractivity contribution in [2.24, 2.45) is 5.73 Å². The van der Waals surface area contributed by atoms with Gasteiger partial charge in [0, 0.05) is 35.7 Å². The van der Waals surface area contributed by atoms with E-state index in [0.29, 0.717) is 6.54 Å². The normalized spacial score (nSPS) is 12.8. The molecule has 0 aliphatic rings. The van der Waals surface area contributed by atoms with Gasteiger partial charge in [0.25, 0.3) is 0 Å². The van der Waals surface area contributed by atoms with Crippen LogP contribution in [0.2, 0.25) is 5.02 Å². The molecule has 0 fully saturated rings. The van der Waals surface area contributed by atoms with Crippen molar-refractivity contribution in [3.8, 4) is 0 Å². The second-order valence-electron chi connectivity index (χ2n) is 4.50. The first-order valence-electron chi connectivity index (χ1n) is 6.24. The zero-order chi connectivity index (χ0) is 13.7. The summed E-state index contributed by atoms with van der Waals surface area (Å²) in [6.45, 7) is 1.56. The van der Waals surface area contributed by atoms with Gasteiger partial charge in [0.15, 0.2) is 0 Å². The maximum atomic E-state index is 5.98. The van der Waals surface area contributed by atoms with Crippen molar-refractivity contribution in [3.05, 3.63) is 51.4 Å². The van der Waals surface area contributed by atoms with Crippen molar-refractivity contribution in [2.75, 3.05) is 20.1 Å². The van der Waals surface area contributed by atoms with Gasteiger partial charge < -0.3 is 5.73 Å². The summed E-state index contributed by atoms with van der Waals surface area (Å²) in [5, 5.41) is 2.75. The molecule has 0 saturated carbocycles. The minimum atomic E-state index is 0.235. The first kappa shape index (κ1) is 14.5. The Balaban J connectivity index is 1.96. The molecule has 0 spiro atoms. The molecule has 19 heavy (non-hydrogen) atoms. The van der Waals surface area contributed by atoms with Crippen LogP contribution in [0.5, 0.6) is 0 Å². The van der Waals surface area contributed by atoms with E-state index in [-0.39, 0.29) is 6.04 Å². The second kappa shape index (κ2) is 7.01. The average molecular weight is 296 g/mol. The molecule has 102 valence electrons. The third-order valence-electron chi connectivity index (χ3n) is 3.17. The Kier molecular flexibility index (Phi) is 5.34. The van der Waals surface area contributed by atoms with Gasteiger partial charge in [-0.1, -0.05) is 11.6 Å². The highest BCUT2D eigenvalue weighted by Gasteiger charge is 2.17. The Morgan fingerprint density at radius 1 is 1.42 bits per heavy atom. The minimum Gasteiger partial charge on any atom is -0.329 e. The average Bonchev–Trinajstić information content (AvgIpc) is 2.85. The number of nitrogens with zero attached hydrogens (tertiary/aromatic N) is 2. The molecule has 0 radical (unpaired) electrons. The van der Waals surface area contributed by atoms with Crippen LogP contribution in [0.4, 0.5) is 0 Å². The standard InChI is InChI=1S/C14H18ClN3S/c1-18(7-4-11-2-5-17-6-3-11)13(9-16)14-8-12(15)10-19-14/h2-3,5-6,8,10,13H,4,7,9,16H2,1H3. The summed E-state index contributed by atoms with van der Waals surface area (Å²) >= 11 is 7.65. The fraction of sp³-hybridized carbons (Fsp3) is 0.357. The predicted octanol–water partition coefficient (Wildman–Crippen LogP) is 2.97. The van der Waals surface area contributed by atoms with E-state index in [4.69, 9.17) is 17.3 Å². The van der Waals surface area contributed by atoms with Crippen LogP contribution in [0.15, 0.2) is 36.0 Å². The molecule has 2 aromatic rings. The molecule has 2 rings (SSSR count). The molecular weight excluding hydrogens is 278 g/mol. The summed E-state index contributed by atoms with van der Waals surface area (Å²) in [5.41, 5.74) is 7.19. The van der Waals surface area contributed by atoms with Gasteiger partial charge in [-0.25, -0.2) is 0 Å². The van der Waals surface area contributed by atoms with E-state index in [0.717, 1.165) is 18.0 Å². The summed E-state index contributed by atoms with van der Waals surface area (Å²) in [6, 6.07) is 6.34. The summed E-state index contributed by atoms with van der Waals surface area (Å²) in [7, 11) is 2.10. The monoisotopic (exact) mass is 295 g/mol. The van der Waals surface area contributed by atoms with E-state index in [9.17, 15) is 0 Å². The summed E-state index contributed by atoms with van der Waals surface area (Å²) in [5.74, 6) is 0. The molecule has 0 aromatic carbocycles. The van der Waals surface area contributed by atoms with E-state index in [1.54, 1.807) is 11.3 Å². The highest BCUT2D eigenvalue weighted by atomic mass is 35.5. The molecule has 1 unspecified atom stereocenters. The Morgan fingerprint density at radius 3 is 2.74 bits per heavy atom. The lowest BCUT2D eigenvalue weighted by Crippen LogP contribution is -2.31. The van der Waals surface area contributed by atoms with Crippen LogP contribution in [0, 0.1) is 0 Å². The topological polar surface area (TPSA) is 42.2 Å². The van der Waals surface area contributed by atoms with Crippen LogP contribution in [0.1, 0.15) is 16.5 Å². The Bertz CT molecular complexity index is 500. The number of aromatic nitrogens is 1. The number of halogens is 1. The number of likely N-dealkylation sites (N-methyl/N-ethyl adjacent to an activating group) is 1. The zero-order valence-corrected chi connectivity index (χ0v) is 12.5. The van der Waals surface area contributed by atoms with E-state index in [1.807, 2.05) is 36.0 Å². The summed E-state index contributed by atoms with van der Waals surface area (Å²) < 4.78 is 0. The number of hydrogen-bond donors (Lipinski definition) is 1. The molecule has 5 heteroatoms. The molecular formula is C14H18ClN3S. The van der Waals surface area contributed by atoms with Gasteiger partial charge in [-0.3, -0.25) is 9.88 Å². The lowest BCUT2D eigenvalue weighted by Gasteiger charge is -2.26. The second-order valence-corrected chi connectivity index (χ2v) is 5.88. The van der Waals surface area contributed by atoms with Crippen LogP contribution in [-0.4, -0.2) is 30.0 Å². The number of nitrogens with two attached hydrogens (primary N) is 1. The highest BCUT2D eigenvalue weighted by molar-refractivity contribution is 7.10. The van der Waals surface area contributed by atoms with E-state index in [1.165, 1.54) is 10.4 Å². The van der Waals surface area contributed by atoms with Gasteiger partial charge in [-0.2, -0.15) is 0 Å². The van der Waals surface area contributed by atoms with Gasteiger partial charge >= 0.3 is 0 Å². The predicted molar refractivity (Wildman–Crippen MR) is 81.7 cm³/mol. The number of thiophene rings is 1. The van der Waals surface area contributed by atoms with Crippen molar-refractivity contribution >= 4 is 22.9 Å². The SMILES string of the molecule is CN(CCc1ccncc1)C(CN)c1cc(Cl)cs1. The smallest absolute Gasteiger partial charge is 0.0562 e. The maximum Gasteiger partial charge on any atom is 0.0562 e. The molecule has 2 heterocycles. The molecule has 2 N–H and O–H groups in total. The van der Waals surface area contributed by atoms with Crippen molar-refractivity contribution in [1.29, 1.82) is 0 Å². The first-order chi connectivity index (χ1) is 9.20. The van der Waals surface area contributed by atoms with Crippen LogP contribution in [0.25, 0.3) is 0 Å². The summed E-state index contributed by atoms with van der Waals surface area (Å²) in [6.07, 6.45) is 4.65. The zero-order valence-electron chi connectivity index (χ0n) is 10.9. The lowest BCUT2D eigenvalue weighted by atomic mass is 10.1.